The Morgan fingerprint density at radius 1 is 1.03 bits per heavy atom. The van der Waals surface area contributed by atoms with Crippen LogP contribution in [0.2, 0.25) is 5.02 Å². The highest BCUT2D eigenvalue weighted by molar-refractivity contribution is 6.30. The Kier molecular flexibility index (Phi) is 4.60. The molecule has 0 saturated heterocycles. The Balaban J connectivity index is 1.47. The first kappa shape index (κ1) is 19.6. The summed E-state index contributed by atoms with van der Waals surface area (Å²) >= 11 is 6.02. The number of aliphatic hydroxyl groups excluding tert-OH is 1. The number of Topliss-reactive ketones (excluding diaryl/α,β-unsaturated/α-hetero) is 1. The van der Waals surface area contributed by atoms with E-state index in [-0.39, 0.29) is 16.9 Å². The van der Waals surface area contributed by atoms with Gasteiger partial charge in [0.25, 0.3) is 0 Å². The lowest BCUT2D eigenvalue weighted by atomic mass is 9.48. The van der Waals surface area contributed by atoms with Gasteiger partial charge in [-0.05, 0) is 97.5 Å². The maximum atomic E-state index is 13.5. The fourth-order valence-electron chi connectivity index (χ4n) is 7.20. The van der Waals surface area contributed by atoms with Crippen LogP contribution in [0.3, 0.4) is 0 Å². The lowest BCUT2D eigenvalue weighted by Gasteiger charge is -2.56. The van der Waals surface area contributed by atoms with Crippen LogP contribution in [0.1, 0.15) is 64.4 Å². The highest BCUT2D eigenvalue weighted by atomic mass is 35.5. The zero-order chi connectivity index (χ0) is 20.4. The number of hydrogen-bond donors (Lipinski definition) is 1. The molecule has 1 aromatic rings. The first-order chi connectivity index (χ1) is 13.8. The Labute approximate surface area is 179 Å². The summed E-state index contributed by atoms with van der Waals surface area (Å²) in [5, 5.41) is 10.9. The molecule has 0 amide bonds. The van der Waals surface area contributed by atoms with E-state index < -0.39 is 0 Å². The van der Waals surface area contributed by atoms with Crippen molar-refractivity contribution in [2.45, 2.75) is 64.9 Å². The van der Waals surface area contributed by atoms with Gasteiger partial charge < -0.3 is 5.11 Å². The maximum Gasteiger partial charge on any atom is 0.165 e. The number of carbonyl (C=O) groups is 1. The predicted octanol–water partition coefficient (Wildman–Crippen LogP) is 6.23. The van der Waals surface area contributed by atoms with Gasteiger partial charge in [0.15, 0.2) is 5.78 Å². The van der Waals surface area contributed by atoms with Crippen molar-refractivity contribution in [2.75, 3.05) is 0 Å². The van der Waals surface area contributed by atoms with Crippen LogP contribution in [0.5, 0.6) is 0 Å². The summed E-state index contributed by atoms with van der Waals surface area (Å²) in [7, 11) is 0. The lowest BCUT2D eigenvalue weighted by molar-refractivity contribution is -0.130. The lowest BCUT2D eigenvalue weighted by Crippen LogP contribution is -2.50. The van der Waals surface area contributed by atoms with E-state index in [1.807, 2.05) is 24.3 Å². The molecule has 1 N–H and O–H groups in total. The quantitative estimate of drug-likeness (QED) is 0.440. The molecule has 5 rings (SSSR count). The summed E-state index contributed by atoms with van der Waals surface area (Å²) in [4.78, 5) is 13.5. The van der Waals surface area contributed by atoms with Crippen molar-refractivity contribution in [3.8, 4) is 0 Å². The minimum Gasteiger partial charge on any atom is -0.393 e. The van der Waals surface area contributed by atoms with E-state index in [1.54, 1.807) is 0 Å². The SMILES string of the molecule is C[C@@]12CC[C@H]3[C@@H](CC=C4C[C@H](O)CC[C@]43C)[C@H]1CC(=Cc1ccc(Cl)cc1)C2=O. The molecule has 6 atom stereocenters. The third-order valence-corrected chi connectivity index (χ3v) is 9.18. The number of fused-ring (bicyclic) bond motifs is 5. The van der Waals surface area contributed by atoms with E-state index in [4.69, 9.17) is 11.6 Å². The van der Waals surface area contributed by atoms with Gasteiger partial charge in [-0.25, -0.2) is 0 Å². The van der Waals surface area contributed by atoms with E-state index in [1.165, 1.54) is 5.57 Å². The molecule has 0 spiro atoms. The van der Waals surface area contributed by atoms with E-state index in [9.17, 15) is 9.90 Å². The van der Waals surface area contributed by atoms with Gasteiger partial charge in [-0.1, -0.05) is 49.2 Å². The van der Waals surface area contributed by atoms with Crippen LogP contribution >= 0.6 is 11.6 Å². The highest BCUT2D eigenvalue weighted by Gasteiger charge is 2.59. The van der Waals surface area contributed by atoms with Crippen LogP contribution in [-0.2, 0) is 4.79 Å². The minimum atomic E-state index is -0.213. The number of hydrogen-bond acceptors (Lipinski definition) is 2. The van der Waals surface area contributed by atoms with Gasteiger partial charge in [-0.2, -0.15) is 0 Å². The molecule has 0 aliphatic heterocycles. The third-order valence-electron chi connectivity index (χ3n) is 8.93. The molecule has 1 aromatic carbocycles. The summed E-state index contributed by atoms with van der Waals surface area (Å²) in [6, 6.07) is 7.79. The Bertz CT molecular complexity index is 898. The second-order valence-corrected chi connectivity index (χ2v) is 10.8. The van der Waals surface area contributed by atoms with Crippen molar-refractivity contribution in [2.24, 2.45) is 28.6 Å². The number of ketones is 1. The van der Waals surface area contributed by atoms with Gasteiger partial charge in [0.2, 0.25) is 0 Å². The molecule has 3 saturated carbocycles. The molecule has 0 radical (unpaired) electrons. The van der Waals surface area contributed by atoms with Crippen LogP contribution in [0.15, 0.2) is 41.5 Å². The number of rotatable bonds is 1. The van der Waals surface area contributed by atoms with Gasteiger partial charge in [0.1, 0.15) is 0 Å². The van der Waals surface area contributed by atoms with E-state index >= 15 is 0 Å². The molecule has 2 nitrogen and oxygen atoms in total. The van der Waals surface area contributed by atoms with Gasteiger partial charge in [-0.15, -0.1) is 0 Å². The molecule has 0 aromatic heterocycles. The van der Waals surface area contributed by atoms with Gasteiger partial charge in [0, 0.05) is 10.4 Å². The van der Waals surface area contributed by atoms with Gasteiger partial charge in [0.05, 0.1) is 6.10 Å². The van der Waals surface area contributed by atoms with Crippen molar-refractivity contribution in [1.82, 2.24) is 0 Å². The monoisotopic (exact) mass is 410 g/mol. The second-order valence-electron chi connectivity index (χ2n) is 10.4. The Hall–Kier alpha value is -1.38. The summed E-state index contributed by atoms with van der Waals surface area (Å²) < 4.78 is 0. The molecule has 0 unspecified atom stereocenters. The highest BCUT2D eigenvalue weighted by Crippen LogP contribution is 2.64. The number of halogens is 1. The third kappa shape index (κ3) is 2.98. The number of benzene rings is 1. The molecule has 3 heteroatoms. The molecule has 4 aliphatic rings. The van der Waals surface area contributed by atoms with Crippen LogP contribution in [0.4, 0.5) is 0 Å². The first-order valence-electron chi connectivity index (χ1n) is 11.2. The first-order valence-corrected chi connectivity index (χ1v) is 11.6. The van der Waals surface area contributed by atoms with Crippen molar-refractivity contribution in [3.63, 3.8) is 0 Å². The van der Waals surface area contributed by atoms with Crippen LogP contribution in [0, 0.1) is 28.6 Å². The van der Waals surface area contributed by atoms with E-state index in [0.29, 0.717) is 23.5 Å². The standard InChI is InChI=1S/C26H31ClO2/c1-25-11-9-20(28)15-18(25)5-8-21-22(25)10-12-26(2)23(21)14-17(24(26)29)13-16-3-6-19(27)7-4-16/h3-7,13,20-23,28H,8-12,14-15H2,1-2H3/t20-,21-,22+,23-,25-,26-/m1/s1. The molecular weight excluding hydrogens is 380 g/mol. The normalized spacial score (nSPS) is 42.8. The molecular formula is C26H31ClO2. The number of allylic oxidation sites excluding steroid dienone is 2. The van der Waals surface area contributed by atoms with E-state index in [0.717, 1.165) is 61.1 Å². The van der Waals surface area contributed by atoms with Crippen LogP contribution in [-0.4, -0.2) is 17.0 Å². The molecule has 4 aliphatic carbocycles. The minimum absolute atomic E-state index is 0.165. The van der Waals surface area contributed by atoms with Crippen molar-refractivity contribution in [1.29, 1.82) is 0 Å². The molecule has 29 heavy (non-hydrogen) atoms. The number of aliphatic hydroxyl groups is 1. The van der Waals surface area contributed by atoms with Crippen molar-refractivity contribution in [3.05, 3.63) is 52.1 Å². The number of carbonyl (C=O) groups excluding carboxylic acids is 1. The zero-order valence-electron chi connectivity index (χ0n) is 17.5. The molecule has 3 fully saturated rings. The summed E-state index contributed by atoms with van der Waals surface area (Å²) in [5.74, 6) is 2.04. The average Bonchev–Trinajstić information content (AvgIpc) is 2.95. The maximum absolute atomic E-state index is 13.5. The second kappa shape index (κ2) is 6.82. The molecule has 0 bridgehead atoms. The topological polar surface area (TPSA) is 37.3 Å². The fourth-order valence-corrected chi connectivity index (χ4v) is 7.33. The largest absolute Gasteiger partial charge is 0.393 e. The summed E-state index contributed by atoms with van der Waals surface area (Å²) in [6.07, 6.45) is 11.3. The van der Waals surface area contributed by atoms with Crippen molar-refractivity contribution < 1.29 is 9.90 Å². The predicted molar refractivity (Wildman–Crippen MR) is 118 cm³/mol. The van der Waals surface area contributed by atoms with E-state index in [2.05, 4.69) is 26.0 Å². The van der Waals surface area contributed by atoms with Crippen LogP contribution < -0.4 is 0 Å². The van der Waals surface area contributed by atoms with Gasteiger partial charge >= 0.3 is 0 Å². The molecule has 154 valence electrons. The smallest absolute Gasteiger partial charge is 0.165 e. The van der Waals surface area contributed by atoms with Crippen LogP contribution in [0.25, 0.3) is 6.08 Å². The molecule has 0 heterocycles. The Morgan fingerprint density at radius 2 is 1.76 bits per heavy atom. The Morgan fingerprint density at radius 3 is 2.52 bits per heavy atom. The average molecular weight is 411 g/mol. The van der Waals surface area contributed by atoms with Gasteiger partial charge in [-0.3, -0.25) is 4.79 Å². The summed E-state index contributed by atoms with van der Waals surface area (Å²) in [5.41, 5.74) is 3.56. The fraction of sp³-hybridized carbons (Fsp3) is 0.577. The van der Waals surface area contributed by atoms with Crippen molar-refractivity contribution >= 4 is 23.5 Å². The summed E-state index contributed by atoms with van der Waals surface area (Å²) in [6.45, 7) is 4.66. The zero-order valence-corrected chi connectivity index (χ0v) is 18.2.